The Balaban J connectivity index is 2.17. The van der Waals surface area contributed by atoms with E-state index in [1.807, 2.05) is 6.07 Å². The lowest BCUT2D eigenvalue weighted by atomic mass is 10.00. The minimum absolute atomic E-state index is 0.115. The molecule has 2 aromatic carbocycles. The van der Waals surface area contributed by atoms with Gasteiger partial charge in [-0.15, -0.1) is 0 Å². The Morgan fingerprint density at radius 1 is 1.15 bits per heavy atom. The van der Waals surface area contributed by atoms with Crippen LogP contribution >= 0.6 is 0 Å². The number of nitriles is 1. The van der Waals surface area contributed by atoms with Crippen LogP contribution in [0.5, 0.6) is 5.75 Å². The molecule has 0 aliphatic heterocycles. The Morgan fingerprint density at radius 3 is 2.44 bits per heavy atom. The molecule has 2 aromatic rings. The van der Waals surface area contributed by atoms with Crippen LogP contribution in [0.4, 0.5) is 10.5 Å². The molecule has 0 spiro atoms. The molecule has 2 atom stereocenters. The third-order valence-electron chi connectivity index (χ3n) is 4.70. The fourth-order valence-electron chi connectivity index (χ4n) is 3.05. The molecule has 0 heterocycles. The van der Waals surface area contributed by atoms with Crippen molar-refractivity contribution < 1.29 is 34.1 Å². The lowest BCUT2D eigenvalue weighted by Gasteiger charge is -2.26. The Morgan fingerprint density at radius 2 is 1.85 bits per heavy atom. The van der Waals surface area contributed by atoms with Crippen LogP contribution in [0.3, 0.4) is 0 Å². The molecule has 0 fully saturated rings. The number of nitrogens with zero attached hydrogens (tertiary/aromatic N) is 1. The van der Waals surface area contributed by atoms with E-state index < -0.39 is 24.2 Å². The number of hydrogen-bond donors (Lipinski definition) is 4. The summed E-state index contributed by atoms with van der Waals surface area (Å²) < 4.78 is 16.7. The number of allylic oxidation sites excluding steroid dienone is 1. The highest BCUT2D eigenvalue weighted by Crippen LogP contribution is 2.29. The zero-order valence-electron chi connectivity index (χ0n) is 18.6. The number of anilines is 1. The van der Waals surface area contributed by atoms with Crippen molar-refractivity contribution in [3.05, 3.63) is 71.8 Å². The van der Waals surface area contributed by atoms with Crippen LogP contribution in [0.1, 0.15) is 30.1 Å². The van der Waals surface area contributed by atoms with E-state index >= 15 is 0 Å². The van der Waals surface area contributed by atoms with E-state index in [0.717, 1.165) is 0 Å². The van der Waals surface area contributed by atoms with Crippen LogP contribution in [0.2, 0.25) is 0 Å². The standard InChI is InChI=1S/C24H27N3O7/c1-32-21(4-2-3-5-22(29)27-31)23(18-8-12-20(13-9-18)33-15-14-28)34-24(30)26-19-10-6-17(16-25)7-11-19/h3,5-13,21,23,28,31H,2,4,14-15H2,1H3,(H,26,30)(H,27,29)/b5-3+/t21-,23-/m1/s1. The highest BCUT2D eigenvalue weighted by Gasteiger charge is 2.27. The molecule has 0 aliphatic rings. The third kappa shape index (κ3) is 8.55. The maximum Gasteiger partial charge on any atom is 0.412 e. The van der Waals surface area contributed by atoms with Crippen molar-refractivity contribution in [2.75, 3.05) is 25.6 Å². The molecular formula is C24H27N3O7. The maximum absolute atomic E-state index is 12.6. The van der Waals surface area contributed by atoms with Gasteiger partial charge in [0.15, 0.2) is 6.10 Å². The Labute approximate surface area is 197 Å². The second-order valence-corrected chi connectivity index (χ2v) is 7.01. The molecule has 0 bridgehead atoms. The Hall–Kier alpha value is -3.91. The molecule has 0 saturated carbocycles. The van der Waals surface area contributed by atoms with Gasteiger partial charge >= 0.3 is 6.09 Å². The van der Waals surface area contributed by atoms with Gasteiger partial charge in [0, 0.05) is 18.9 Å². The van der Waals surface area contributed by atoms with E-state index in [0.29, 0.717) is 35.4 Å². The molecule has 10 nitrogen and oxygen atoms in total. The van der Waals surface area contributed by atoms with E-state index in [-0.39, 0.29) is 13.2 Å². The summed E-state index contributed by atoms with van der Waals surface area (Å²) >= 11 is 0. The van der Waals surface area contributed by atoms with Gasteiger partial charge in [-0.25, -0.2) is 10.3 Å². The van der Waals surface area contributed by atoms with Gasteiger partial charge in [-0.05, 0) is 54.8 Å². The molecule has 0 saturated heterocycles. The number of carbonyl (C=O) groups is 2. The number of hydrogen-bond acceptors (Lipinski definition) is 8. The summed E-state index contributed by atoms with van der Waals surface area (Å²) in [5.74, 6) is -0.104. The zero-order chi connectivity index (χ0) is 24.8. The minimum Gasteiger partial charge on any atom is -0.491 e. The number of aliphatic hydroxyl groups is 1. The summed E-state index contributed by atoms with van der Waals surface area (Å²) in [6.45, 7) is 0.0390. The predicted molar refractivity (Wildman–Crippen MR) is 122 cm³/mol. The van der Waals surface area contributed by atoms with E-state index in [4.69, 9.17) is 29.8 Å². The van der Waals surface area contributed by atoms with Crippen LogP contribution in [0.25, 0.3) is 0 Å². The molecule has 10 heteroatoms. The van der Waals surface area contributed by atoms with Crippen molar-refractivity contribution in [3.8, 4) is 11.8 Å². The number of aliphatic hydroxyl groups excluding tert-OH is 1. The van der Waals surface area contributed by atoms with Crippen molar-refractivity contribution in [2.24, 2.45) is 0 Å². The lowest BCUT2D eigenvalue weighted by molar-refractivity contribution is -0.124. The number of hydroxylamine groups is 1. The van der Waals surface area contributed by atoms with E-state index in [9.17, 15) is 9.59 Å². The van der Waals surface area contributed by atoms with Crippen LogP contribution in [0, 0.1) is 11.3 Å². The van der Waals surface area contributed by atoms with Gasteiger partial charge in [0.25, 0.3) is 5.91 Å². The highest BCUT2D eigenvalue weighted by molar-refractivity contribution is 5.86. The average molecular weight is 469 g/mol. The molecule has 2 amide bonds. The van der Waals surface area contributed by atoms with Gasteiger partial charge in [-0.3, -0.25) is 15.3 Å². The van der Waals surface area contributed by atoms with Gasteiger partial charge in [0.2, 0.25) is 0 Å². The number of rotatable bonds is 12. The number of carbonyl (C=O) groups excluding carboxylic acids is 2. The second-order valence-electron chi connectivity index (χ2n) is 7.01. The summed E-state index contributed by atoms with van der Waals surface area (Å²) in [5.41, 5.74) is 3.08. The largest absolute Gasteiger partial charge is 0.491 e. The van der Waals surface area contributed by atoms with Gasteiger partial charge in [0.1, 0.15) is 12.4 Å². The van der Waals surface area contributed by atoms with Crippen LogP contribution < -0.4 is 15.5 Å². The van der Waals surface area contributed by atoms with E-state index in [1.165, 1.54) is 18.7 Å². The van der Waals surface area contributed by atoms with E-state index in [1.54, 1.807) is 54.6 Å². The maximum atomic E-state index is 12.6. The van der Waals surface area contributed by atoms with Crippen LogP contribution in [-0.4, -0.2) is 48.7 Å². The first-order chi connectivity index (χ1) is 16.5. The zero-order valence-corrected chi connectivity index (χ0v) is 18.6. The summed E-state index contributed by atoms with van der Waals surface area (Å²) in [4.78, 5) is 23.8. The summed E-state index contributed by atoms with van der Waals surface area (Å²) in [5, 5.41) is 29.0. The lowest BCUT2D eigenvalue weighted by Crippen LogP contribution is -2.28. The first kappa shape index (κ1) is 26.3. The van der Waals surface area contributed by atoms with Gasteiger partial charge in [-0.2, -0.15) is 5.26 Å². The number of amides is 2. The Kier molecular flexibility index (Phi) is 11.1. The molecule has 180 valence electrons. The summed E-state index contributed by atoms with van der Waals surface area (Å²) in [7, 11) is 1.49. The highest BCUT2D eigenvalue weighted by atomic mass is 16.6. The normalized spacial score (nSPS) is 12.4. The van der Waals surface area contributed by atoms with Crippen LogP contribution in [0.15, 0.2) is 60.7 Å². The molecule has 2 rings (SSSR count). The fraction of sp³-hybridized carbons (Fsp3) is 0.292. The number of methoxy groups -OCH3 is 1. The predicted octanol–water partition coefficient (Wildman–Crippen LogP) is 3.08. The van der Waals surface area contributed by atoms with Gasteiger partial charge in [0.05, 0.1) is 24.3 Å². The molecule has 0 aliphatic carbocycles. The Bertz CT molecular complexity index is 985. The van der Waals surface area contributed by atoms with Crippen molar-refractivity contribution >= 4 is 17.7 Å². The van der Waals surface area contributed by atoms with Crippen molar-refractivity contribution in [1.29, 1.82) is 5.26 Å². The van der Waals surface area contributed by atoms with Crippen molar-refractivity contribution in [1.82, 2.24) is 5.48 Å². The second kappa shape index (κ2) is 14.3. The third-order valence-corrected chi connectivity index (χ3v) is 4.70. The molecular weight excluding hydrogens is 442 g/mol. The molecule has 34 heavy (non-hydrogen) atoms. The quantitative estimate of drug-likeness (QED) is 0.210. The fourth-order valence-corrected chi connectivity index (χ4v) is 3.05. The minimum atomic E-state index is -0.796. The first-order valence-corrected chi connectivity index (χ1v) is 10.5. The smallest absolute Gasteiger partial charge is 0.412 e. The summed E-state index contributed by atoms with van der Waals surface area (Å²) in [6.07, 6.45) is 1.51. The summed E-state index contributed by atoms with van der Waals surface area (Å²) in [6, 6.07) is 15.2. The van der Waals surface area contributed by atoms with Gasteiger partial charge in [-0.1, -0.05) is 18.2 Å². The van der Waals surface area contributed by atoms with Crippen molar-refractivity contribution in [3.63, 3.8) is 0 Å². The molecule has 0 radical (unpaired) electrons. The number of nitrogens with one attached hydrogen (secondary N) is 2. The SMILES string of the molecule is CO[C@H](CC/C=C/C(=O)NO)[C@H](OC(=O)Nc1ccc(C#N)cc1)c1ccc(OCCO)cc1. The average Bonchev–Trinajstić information content (AvgIpc) is 2.87. The first-order valence-electron chi connectivity index (χ1n) is 10.5. The molecule has 0 unspecified atom stereocenters. The number of ether oxygens (including phenoxy) is 3. The topological polar surface area (TPSA) is 150 Å². The van der Waals surface area contributed by atoms with E-state index in [2.05, 4.69) is 5.32 Å². The molecule has 0 aromatic heterocycles. The molecule has 4 N–H and O–H groups in total. The van der Waals surface area contributed by atoms with Crippen molar-refractivity contribution in [2.45, 2.75) is 25.0 Å². The number of benzene rings is 2. The van der Waals surface area contributed by atoms with Gasteiger partial charge < -0.3 is 19.3 Å². The monoisotopic (exact) mass is 469 g/mol. The van der Waals surface area contributed by atoms with Crippen LogP contribution in [-0.2, 0) is 14.3 Å².